The lowest BCUT2D eigenvalue weighted by atomic mass is 10.1. The van der Waals surface area contributed by atoms with E-state index in [2.05, 4.69) is 5.32 Å². The Morgan fingerprint density at radius 2 is 1.79 bits per heavy atom. The Labute approximate surface area is 165 Å². The van der Waals surface area contributed by atoms with Crippen LogP contribution in [0.1, 0.15) is 36.7 Å². The fourth-order valence-electron chi connectivity index (χ4n) is 2.40. The van der Waals surface area contributed by atoms with Gasteiger partial charge in [-0.15, -0.1) is 0 Å². The molecular formula is C22H25NO5. The summed E-state index contributed by atoms with van der Waals surface area (Å²) in [6, 6.07) is 12.2. The number of hydrogen-bond acceptors (Lipinski definition) is 5. The molecule has 0 aliphatic carbocycles. The smallest absolute Gasteiger partial charge is 0.330 e. The summed E-state index contributed by atoms with van der Waals surface area (Å²) in [5.41, 5.74) is 1.92. The van der Waals surface area contributed by atoms with Gasteiger partial charge in [-0.05, 0) is 62.7 Å². The Hall–Kier alpha value is -3.28. The number of amides is 1. The van der Waals surface area contributed by atoms with Crippen molar-refractivity contribution in [1.29, 1.82) is 0 Å². The lowest BCUT2D eigenvalue weighted by Crippen LogP contribution is -2.13. The van der Waals surface area contributed by atoms with E-state index >= 15 is 0 Å². The summed E-state index contributed by atoms with van der Waals surface area (Å²) in [7, 11) is 1.53. The summed E-state index contributed by atoms with van der Waals surface area (Å²) in [5.74, 6) is 0.440. The number of carbonyl (C=O) groups excluding carboxylic acids is 2. The Morgan fingerprint density at radius 3 is 2.39 bits per heavy atom. The number of esters is 1. The van der Waals surface area contributed by atoms with Gasteiger partial charge in [-0.1, -0.05) is 12.1 Å². The summed E-state index contributed by atoms with van der Waals surface area (Å²) < 4.78 is 15.8. The molecule has 28 heavy (non-hydrogen) atoms. The van der Waals surface area contributed by atoms with Crippen LogP contribution in [-0.4, -0.2) is 31.7 Å². The molecule has 0 heterocycles. The van der Waals surface area contributed by atoms with Crippen molar-refractivity contribution in [2.75, 3.05) is 19.0 Å². The van der Waals surface area contributed by atoms with E-state index in [1.807, 2.05) is 13.8 Å². The van der Waals surface area contributed by atoms with Crippen LogP contribution in [0, 0.1) is 0 Å². The van der Waals surface area contributed by atoms with Crippen molar-refractivity contribution in [3.8, 4) is 11.5 Å². The van der Waals surface area contributed by atoms with E-state index < -0.39 is 5.97 Å². The molecule has 2 aromatic rings. The Kier molecular flexibility index (Phi) is 7.63. The van der Waals surface area contributed by atoms with Crippen LogP contribution in [0.25, 0.3) is 6.08 Å². The first kappa shape index (κ1) is 21.0. The second-order valence-corrected chi connectivity index (χ2v) is 6.19. The van der Waals surface area contributed by atoms with Gasteiger partial charge in [-0.25, -0.2) is 4.79 Å². The molecule has 0 aromatic heterocycles. The number of nitrogens with one attached hydrogen (secondary N) is 1. The third-order valence-corrected chi connectivity index (χ3v) is 3.66. The van der Waals surface area contributed by atoms with Crippen LogP contribution in [0.2, 0.25) is 0 Å². The second kappa shape index (κ2) is 10.2. The molecule has 2 rings (SSSR count). The highest BCUT2D eigenvalue weighted by atomic mass is 16.5. The van der Waals surface area contributed by atoms with Gasteiger partial charge in [0.15, 0.2) is 11.5 Å². The van der Waals surface area contributed by atoms with Gasteiger partial charge in [0.1, 0.15) is 0 Å². The molecule has 0 saturated heterocycles. The van der Waals surface area contributed by atoms with Gasteiger partial charge in [0.25, 0.3) is 5.91 Å². The van der Waals surface area contributed by atoms with Crippen LogP contribution in [0.3, 0.4) is 0 Å². The molecule has 0 saturated carbocycles. The van der Waals surface area contributed by atoms with Gasteiger partial charge >= 0.3 is 5.97 Å². The first-order valence-corrected chi connectivity index (χ1v) is 9.04. The molecule has 0 aliphatic heterocycles. The zero-order valence-electron chi connectivity index (χ0n) is 16.5. The van der Waals surface area contributed by atoms with Gasteiger partial charge in [0.2, 0.25) is 0 Å². The monoisotopic (exact) mass is 383 g/mol. The van der Waals surface area contributed by atoms with Crippen LogP contribution in [0.5, 0.6) is 11.5 Å². The molecule has 1 amide bonds. The minimum atomic E-state index is -0.390. The molecular weight excluding hydrogens is 358 g/mol. The zero-order valence-corrected chi connectivity index (χ0v) is 16.5. The Morgan fingerprint density at radius 1 is 1.07 bits per heavy atom. The molecule has 0 spiro atoms. The largest absolute Gasteiger partial charge is 0.493 e. The van der Waals surface area contributed by atoms with Crippen LogP contribution >= 0.6 is 0 Å². The fraction of sp³-hybridized carbons (Fsp3) is 0.273. The summed E-state index contributed by atoms with van der Waals surface area (Å²) in [5, 5.41) is 2.83. The highest BCUT2D eigenvalue weighted by molar-refractivity contribution is 6.04. The molecule has 0 atom stereocenters. The van der Waals surface area contributed by atoms with E-state index in [0.717, 1.165) is 5.56 Å². The van der Waals surface area contributed by atoms with E-state index in [9.17, 15) is 9.59 Å². The van der Waals surface area contributed by atoms with Crippen molar-refractivity contribution in [2.45, 2.75) is 26.9 Å². The van der Waals surface area contributed by atoms with Gasteiger partial charge in [-0.2, -0.15) is 0 Å². The first-order chi connectivity index (χ1) is 13.4. The lowest BCUT2D eigenvalue weighted by Gasteiger charge is -2.14. The Balaban J connectivity index is 2.05. The maximum absolute atomic E-state index is 12.5. The predicted octanol–water partition coefficient (Wildman–Crippen LogP) is 4.31. The lowest BCUT2D eigenvalue weighted by molar-refractivity contribution is -0.137. The molecule has 0 fully saturated rings. The predicted molar refractivity (Wildman–Crippen MR) is 109 cm³/mol. The van der Waals surface area contributed by atoms with E-state index in [-0.39, 0.29) is 12.0 Å². The van der Waals surface area contributed by atoms with E-state index in [1.54, 1.807) is 55.5 Å². The van der Waals surface area contributed by atoms with Crippen molar-refractivity contribution in [3.05, 3.63) is 59.7 Å². The van der Waals surface area contributed by atoms with E-state index in [0.29, 0.717) is 29.4 Å². The van der Waals surface area contributed by atoms with Crippen LogP contribution in [0.4, 0.5) is 5.69 Å². The summed E-state index contributed by atoms with van der Waals surface area (Å²) in [4.78, 5) is 23.8. The van der Waals surface area contributed by atoms with Gasteiger partial charge < -0.3 is 19.5 Å². The fourth-order valence-corrected chi connectivity index (χ4v) is 2.40. The maximum atomic E-state index is 12.5. The molecule has 2 aromatic carbocycles. The normalized spacial score (nSPS) is 10.8. The van der Waals surface area contributed by atoms with Crippen LogP contribution < -0.4 is 14.8 Å². The van der Waals surface area contributed by atoms with Gasteiger partial charge in [0, 0.05) is 17.3 Å². The average Bonchev–Trinajstić information content (AvgIpc) is 2.67. The number of methoxy groups -OCH3 is 1. The number of carbonyl (C=O) groups is 2. The summed E-state index contributed by atoms with van der Waals surface area (Å²) in [6.45, 7) is 5.94. The molecule has 6 heteroatoms. The molecule has 0 unspecified atom stereocenters. The third-order valence-electron chi connectivity index (χ3n) is 3.66. The minimum Gasteiger partial charge on any atom is -0.493 e. The first-order valence-electron chi connectivity index (χ1n) is 9.04. The van der Waals surface area contributed by atoms with Crippen LogP contribution in [0.15, 0.2) is 48.5 Å². The highest BCUT2D eigenvalue weighted by Crippen LogP contribution is 2.29. The van der Waals surface area contributed by atoms with Gasteiger partial charge in [-0.3, -0.25) is 4.79 Å². The molecule has 0 bridgehead atoms. The molecule has 0 radical (unpaired) electrons. The maximum Gasteiger partial charge on any atom is 0.330 e. The number of hydrogen-bond donors (Lipinski definition) is 1. The number of benzene rings is 2. The van der Waals surface area contributed by atoms with Crippen molar-refractivity contribution in [2.24, 2.45) is 0 Å². The third kappa shape index (κ3) is 6.16. The summed E-state index contributed by atoms with van der Waals surface area (Å²) >= 11 is 0. The topological polar surface area (TPSA) is 73.9 Å². The standard InChI is InChI=1S/C22H25NO5/c1-5-27-21(24)13-8-16-6-10-18(11-7-16)23-22(25)17-9-12-19(28-15(2)3)20(14-17)26-4/h6-15H,5H2,1-4H3,(H,23,25)/b13-8+. The highest BCUT2D eigenvalue weighted by Gasteiger charge is 2.12. The van der Waals surface area contributed by atoms with Crippen molar-refractivity contribution in [1.82, 2.24) is 0 Å². The van der Waals surface area contributed by atoms with Crippen molar-refractivity contribution in [3.63, 3.8) is 0 Å². The second-order valence-electron chi connectivity index (χ2n) is 6.19. The Bertz CT molecular complexity index is 841. The molecule has 1 N–H and O–H groups in total. The molecule has 6 nitrogen and oxygen atoms in total. The quantitative estimate of drug-likeness (QED) is 0.543. The van der Waals surface area contributed by atoms with Gasteiger partial charge in [0.05, 0.1) is 19.8 Å². The van der Waals surface area contributed by atoms with Crippen molar-refractivity contribution >= 4 is 23.6 Å². The number of anilines is 1. The van der Waals surface area contributed by atoms with E-state index in [4.69, 9.17) is 14.2 Å². The summed E-state index contributed by atoms with van der Waals surface area (Å²) in [6.07, 6.45) is 3.02. The van der Waals surface area contributed by atoms with Crippen LogP contribution in [-0.2, 0) is 9.53 Å². The number of rotatable bonds is 8. The average molecular weight is 383 g/mol. The molecule has 0 aliphatic rings. The van der Waals surface area contributed by atoms with Crippen molar-refractivity contribution < 1.29 is 23.8 Å². The SMILES string of the molecule is CCOC(=O)/C=C/c1ccc(NC(=O)c2ccc(OC(C)C)c(OC)c2)cc1. The zero-order chi connectivity index (χ0) is 20.5. The number of ether oxygens (including phenoxy) is 3. The molecule has 148 valence electrons. The van der Waals surface area contributed by atoms with E-state index in [1.165, 1.54) is 13.2 Å². The minimum absolute atomic E-state index is 0.00460.